The number of hydrogen-bond donors (Lipinski definition) is 3. The smallest absolute Gasteiger partial charge is 0.411 e. The van der Waals surface area contributed by atoms with Crippen molar-refractivity contribution in [3.05, 3.63) is 74.7 Å². The van der Waals surface area contributed by atoms with E-state index in [2.05, 4.69) is 26.2 Å². The average molecular weight is 501 g/mol. The molecule has 1 aliphatic heterocycles. The Labute approximate surface area is 192 Å². The fourth-order valence-electron chi connectivity index (χ4n) is 3.66. The summed E-state index contributed by atoms with van der Waals surface area (Å²) < 4.78 is 5.61. The van der Waals surface area contributed by atoms with Crippen LogP contribution in [0.15, 0.2) is 58.0 Å². The van der Waals surface area contributed by atoms with E-state index in [9.17, 15) is 24.6 Å². The van der Waals surface area contributed by atoms with E-state index >= 15 is 0 Å². The van der Waals surface area contributed by atoms with E-state index in [0.717, 1.165) is 16.1 Å². The highest BCUT2D eigenvalue weighted by Gasteiger charge is 2.46. The number of carboxylic acids is 2. The minimum Gasteiger partial charge on any atom is -0.479 e. The third-order valence-corrected chi connectivity index (χ3v) is 5.46. The van der Waals surface area contributed by atoms with Crippen LogP contribution >= 0.6 is 15.9 Å². The maximum absolute atomic E-state index is 12.7. The molecule has 1 atom stereocenters. The molecule has 0 aromatic heterocycles. The van der Waals surface area contributed by atoms with Crippen LogP contribution in [0.5, 0.6) is 0 Å². The second kappa shape index (κ2) is 9.35. The Kier molecular flexibility index (Phi) is 6.78. The summed E-state index contributed by atoms with van der Waals surface area (Å²) in [5, 5.41) is 23.2. The Morgan fingerprint density at radius 2 is 1.94 bits per heavy atom. The first kappa shape index (κ1) is 23.2. The molecule has 166 valence electrons. The highest BCUT2D eigenvalue weighted by atomic mass is 79.9. The van der Waals surface area contributed by atoms with Crippen molar-refractivity contribution in [1.82, 2.24) is 0 Å². The maximum Gasteiger partial charge on any atom is 0.411 e. The van der Waals surface area contributed by atoms with Crippen molar-refractivity contribution in [1.29, 1.82) is 0 Å². The van der Waals surface area contributed by atoms with E-state index < -0.39 is 23.6 Å². The quantitative estimate of drug-likeness (QED) is 0.501. The molecule has 9 heteroatoms. The highest BCUT2D eigenvalue weighted by molar-refractivity contribution is 9.10. The summed E-state index contributed by atoms with van der Waals surface area (Å²) in [6, 6.07) is 9.85. The molecule has 0 fully saturated rings. The molecule has 0 saturated heterocycles. The lowest BCUT2D eigenvalue weighted by atomic mass is 9.82. The number of aryl methyl sites for hydroxylation is 1. The first-order chi connectivity index (χ1) is 15.2. The molecule has 0 aliphatic carbocycles. The second-order valence-electron chi connectivity index (χ2n) is 6.95. The van der Waals surface area contributed by atoms with Crippen molar-refractivity contribution in [3.8, 4) is 0 Å². The number of aliphatic carboxylic acids is 2. The van der Waals surface area contributed by atoms with Gasteiger partial charge in [-0.15, -0.1) is 0 Å². The Morgan fingerprint density at radius 3 is 2.56 bits per heavy atom. The number of carbonyl (C=O) groups is 3. The molecule has 0 spiro atoms. The van der Waals surface area contributed by atoms with E-state index in [1.807, 2.05) is 13.0 Å². The first-order valence-corrected chi connectivity index (χ1v) is 10.6. The van der Waals surface area contributed by atoms with Gasteiger partial charge in [-0.1, -0.05) is 35.0 Å². The van der Waals surface area contributed by atoms with Gasteiger partial charge in [0.05, 0.1) is 12.0 Å². The molecule has 2 aromatic carbocycles. The lowest BCUT2D eigenvalue weighted by Crippen LogP contribution is -2.34. The molecular weight excluding hydrogens is 480 g/mol. The molecule has 2 aromatic rings. The van der Waals surface area contributed by atoms with Gasteiger partial charge in [0.1, 0.15) is 0 Å². The van der Waals surface area contributed by atoms with Crippen LogP contribution in [-0.4, -0.2) is 34.9 Å². The number of nitrogens with zero attached hydrogens (tertiary/aromatic N) is 1. The molecule has 3 rings (SSSR count). The number of carboxylic acid groups (broad SMARTS) is 2. The Balaban J connectivity index is 2.32. The first-order valence-electron chi connectivity index (χ1n) is 9.84. The average Bonchev–Trinajstić information content (AvgIpc) is 3.07. The molecule has 1 unspecified atom stereocenters. The molecule has 32 heavy (non-hydrogen) atoms. The lowest BCUT2D eigenvalue weighted by Gasteiger charge is -2.25. The number of rotatable bonds is 7. The predicted molar refractivity (Wildman–Crippen MR) is 121 cm³/mol. The van der Waals surface area contributed by atoms with E-state index in [1.165, 1.54) is 12.1 Å². The number of fused-ring (bicyclic) bond motifs is 1. The van der Waals surface area contributed by atoms with Gasteiger partial charge in [0, 0.05) is 27.0 Å². The van der Waals surface area contributed by atoms with Gasteiger partial charge in [-0.3, -0.25) is 10.3 Å². The molecular formula is C23H21BrN2O6. The van der Waals surface area contributed by atoms with Crippen molar-refractivity contribution >= 4 is 45.2 Å². The molecule has 0 bridgehead atoms. The van der Waals surface area contributed by atoms with Gasteiger partial charge in [-0.05, 0) is 54.8 Å². The number of nitrogens with one attached hydrogen (secondary N) is 1. The third kappa shape index (κ3) is 4.29. The summed E-state index contributed by atoms with van der Waals surface area (Å²) in [7, 11) is 0. The number of halogens is 1. The molecule has 3 N–H and O–H groups in total. The SMILES string of the molecule is CCOC(=O)Nc1cccc(C2(C(=O)O)N=c3c(CC)cc(Br)cc3=C2C=CC(=O)O)c1. The van der Waals surface area contributed by atoms with E-state index in [0.29, 0.717) is 22.7 Å². The zero-order valence-electron chi connectivity index (χ0n) is 17.4. The highest BCUT2D eigenvalue weighted by Crippen LogP contribution is 2.38. The van der Waals surface area contributed by atoms with Crippen molar-refractivity contribution < 1.29 is 29.3 Å². The van der Waals surface area contributed by atoms with Crippen LogP contribution in [0.2, 0.25) is 0 Å². The van der Waals surface area contributed by atoms with Crippen LogP contribution < -0.4 is 15.9 Å². The van der Waals surface area contributed by atoms with Crippen molar-refractivity contribution in [3.63, 3.8) is 0 Å². The summed E-state index contributed by atoms with van der Waals surface area (Å²) in [6.07, 6.45) is 2.09. The monoisotopic (exact) mass is 500 g/mol. The van der Waals surface area contributed by atoms with Crippen LogP contribution in [0.4, 0.5) is 10.5 Å². The number of benzene rings is 2. The molecule has 1 amide bonds. The van der Waals surface area contributed by atoms with Crippen LogP contribution in [0.25, 0.3) is 5.57 Å². The van der Waals surface area contributed by atoms with Crippen molar-refractivity contribution in [2.24, 2.45) is 4.99 Å². The maximum atomic E-state index is 12.7. The summed E-state index contributed by atoms with van der Waals surface area (Å²) >= 11 is 3.44. The van der Waals surface area contributed by atoms with E-state index in [1.54, 1.807) is 31.2 Å². The van der Waals surface area contributed by atoms with Crippen LogP contribution in [0, 0.1) is 0 Å². The van der Waals surface area contributed by atoms with E-state index in [4.69, 9.17) is 4.74 Å². The zero-order valence-corrected chi connectivity index (χ0v) is 19.0. The molecule has 1 heterocycles. The largest absolute Gasteiger partial charge is 0.479 e. The van der Waals surface area contributed by atoms with E-state index in [-0.39, 0.29) is 17.7 Å². The minimum atomic E-state index is -1.90. The fourth-order valence-corrected chi connectivity index (χ4v) is 4.17. The summed E-state index contributed by atoms with van der Waals surface area (Å²) in [5.41, 5.74) is -0.276. The van der Waals surface area contributed by atoms with Gasteiger partial charge in [0.15, 0.2) is 0 Å². The molecule has 0 saturated carbocycles. The lowest BCUT2D eigenvalue weighted by molar-refractivity contribution is -0.141. The minimum absolute atomic E-state index is 0.182. The van der Waals surface area contributed by atoms with Gasteiger partial charge in [-0.25, -0.2) is 14.4 Å². The van der Waals surface area contributed by atoms with Gasteiger partial charge < -0.3 is 14.9 Å². The number of ether oxygens (including phenoxy) is 1. The van der Waals surface area contributed by atoms with Crippen LogP contribution in [0.3, 0.4) is 0 Å². The number of hydrogen-bond acceptors (Lipinski definition) is 5. The van der Waals surface area contributed by atoms with Crippen LogP contribution in [-0.2, 0) is 26.3 Å². The Morgan fingerprint density at radius 1 is 1.19 bits per heavy atom. The number of anilines is 1. The van der Waals surface area contributed by atoms with Crippen molar-refractivity contribution in [2.45, 2.75) is 25.8 Å². The number of carbonyl (C=O) groups excluding carboxylic acids is 1. The third-order valence-electron chi connectivity index (χ3n) is 5.00. The second-order valence-corrected chi connectivity index (χ2v) is 7.87. The summed E-state index contributed by atoms with van der Waals surface area (Å²) in [4.78, 5) is 40.5. The molecule has 1 aliphatic rings. The topological polar surface area (TPSA) is 125 Å². The van der Waals surface area contributed by atoms with Gasteiger partial charge in [0.25, 0.3) is 0 Å². The standard InChI is InChI=1S/C23H21BrN2O6/c1-3-13-10-15(24)12-17-18(8-9-19(27)28)23(21(29)30,26-20(13)17)14-6-5-7-16(11-14)25-22(31)32-4-2/h5-12H,3-4H2,1-2H3,(H,25,31)(H,27,28)(H,29,30). The Bertz CT molecular complexity index is 1250. The zero-order chi connectivity index (χ0) is 23.5. The van der Waals surface area contributed by atoms with Crippen LogP contribution in [0.1, 0.15) is 25.0 Å². The summed E-state index contributed by atoms with van der Waals surface area (Å²) in [5.74, 6) is -2.49. The van der Waals surface area contributed by atoms with Gasteiger partial charge in [0.2, 0.25) is 5.54 Å². The van der Waals surface area contributed by atoms with Gasteiger partial charge >= 0.3 is 18.0 Å². The summed E-state index contributed by atoms with van der Waals surface area (Å²) in [6.45, 7) is 3.78. The Hall–Kier alpha value is -3.46. The predicted octanol–water partition coefficient (Wildman–Crippen LogP) is 2.98. The molecule has 0 radical (unpaired) electrons. The van der Waals surface area contributed by atoms with Crippen molar-refractivity contribution in [2.75, 3.05) is 11.9 Å². The fraction of sp³-hybridized carbons (Fsp3) is 0.217. The van der Waals surface area contributed by atoms with Gasteiger partial charge in [-0.2, -0.15) is 0 Å². The normalized spacial score (nSPS) is 17.0. The molecule has 8 nitrogen and oxygen atoms in total. The number of amides is 1.